The third-order valence-electron chi connectivity index (χ3n) is 2.53. The van der Waals surface area contributed by atoms with E-state index in [9.17, 15) is 9.59 Å². The number of hydrogen-bond donors (Lipinski definition) is 0. The quantitative estimate of drug-likeness (QED) is 0.151. The van der Waals surface area contributed by atoms with Crippen molar-refractivity contribution in [3.05, 3.63) is 23.1 Å². The van der Waals surface area contributed by atoms with Gasteiger partial charge in [-0.1, -0.05) is 11.2 Å². The summed E-state index contributed by atoms with van der Waals surface area (Å²) in [6.45, 7) is 5.49. The molecule has 0 saturated carbocycles. The lowest BCUT2D eigenvalue weighted by Gasteiger charge is -2.22. The number of allylic oxidation sites excluding steroid dienone is 1. The molecule has 0 rings (SSSR count). The third-order valence-corrected chi connectivity index (χ3v) is 2.53. The van der Waals surface area contributed by atoms with E-state index in [4.69, 9.17) is 15.0 Å². The van der Waals surface area contributed by atoms with Crippen LogP contribution in [-0.2, 0) is 19.1 Å². The molecular formula is C12H19N3O4. The number of nitrogens with zero attached hydrogens (tertiary/aromatic N) is 3. The number of carbonyl (C=O) groups excluding carboxylic acids is 2. The summed E-state index contributed by atoms with van der Waals surface area (Å²) in [5.41, 5.74) is 8.30. The van der Waals surface area contributed by atoms with Gasteiger partial charge in [-0.05, 0) is 18.9 Å². The summed E-state index contributed by atoms with van der Waals surface area (Å²) in [4.78, 5) is 25.9. The van der Waals surface area contributed by atoms with Gasteiger partial charge in [0, 0.05) is 17.9 Å². The van der Waals surface area contributed by atoms with Crippen LogP contribution < -0.4 is 0 Å². The van der Waals surface area contributed by atoms with Gasteiger partial charge in [0.15, 0.2) is 0 Å². The molecule has 0 aromatic carbocycles. The number of methoxy groups -OCH3 is 1. The summed E-state index contributed by atoms with van der Waals surface area (Å²) in [6.07, 6.45) is 1.02. The van der Waals surface area contributed by atoms with Gasteiger partial charge in [-0.15, -0.1) is 6.58 Å². The van der Waals surface area contributed by atoms with E-state index in [1.54, 1.807) is 13.0 Å². The molecule has 0 spiro atoms. The van der Waals surface area contributed by atoms with Crippen molar-refractivity contribution in [3.8, 4) is 0 Å². The van der Waals surface area contributed by atoms with Gasteiger partial charge in [-0.2, -0.15) is 0 Å². The second-order valence-electron chi connectivity index (χ2n) is 3.77. The normalized spacial score (nSPS) is 12.9. The van der Waals surface area contributed by atoms with Crippen LogP contribution in [0.3, 0.4) is 0 Å². The number of Topliss-reactive ketones (excluding diaryl/α,β-unsaturated/α-hetero) is 1. The highest BCUT2D eigenvalue weighted by molar-refractivity contribution is 5.97. The lowest BCUT2D eigenvalue weighted by atomic mass is 9.91. The molecule has 106 valence electrons. The van der Waals surface area contributed by atoms with Crippen molar-refractivity contribution in [3.63, 3.8) is 0 Å². The minimum atomic E-state index is -0.573. The Morgan fingerprint density at radius 1 is 1.53 bits per heavy atom. The first-order valence-corrected chi connectivity index (χ1v) is 5.93. The number of ketones is 1. The van der Waals surface area contributed by atoms with Crippen LogP contribution in [0.25, 0.3) is 10.4 Å². The van der Waals surface area contributed by atoms with E-state index >= 15 is 0 Å². The Hall–Kier alpha value is -1.85. The molecule has 0 bridgehead atoms. The average molecular weight is 269 g/mol. The van der Waals surface area contributed by atoms with Gasteiger partial charge in [-0.3, -0.25) is 9.59 Å². The molecule has 0 amide bonds. The van der Waals surface area contributed by atoms with E-state index in [1.165, 1.54) is 7.11 Å². The summed E-state index contributed by atoms with van der Waals surface area (Å²) < 4.78 is 9.87. The summed E-state index contributed by atoms with van der Waals surface area (Å²) in [6, 6.07) is 0. The highest BCUT2D eigenvalue weighted by Gasteiger charge is 2.28. The van der Waals surface area contributed by atoms with Crippen molar-refractivity contribution in [1.82, 2.24) is 0 Å². The minimum absolute atomic E-state index is 0.0278. The lowest BCUT2D eigenvalue weighted by Crippen LogP contribution is -2.33. The van der Waals surface area contributed by atoms with Crippen LogP contribution in [-0.4, -0.2) is 38.1 Å². The Morgan fingerprint density at radius 2 is 2.21 bits per heavy atom. The zero-order chi connectivity index (χ0) is 14.7. The van der Waals surface area contributed by atoms with E-state index in [1.807, 2.05) is 0 Å². The maximum Gasteiger partial charge on any atom is 0.313 e. The van der Waals surface area contributed by atoms with Gasteiger partial charge in [0.1, 0.15) is 12.2 Å². The molecule has 0 heterocycles. The first-order valence-electron chi connectivity index (χ1n) is 5.93. The maximum atomic E-state index is 12.0. The van der Waals surface area contributed by atoms with Crippen LogP contribution in [0.1, 0.15) is 19.8 Å². The highest BCUT2D eigenvalue weighted by Crippen LogP contribution is 2.17. The zero-order valence-corrected chi connectivity index (χ0v) is 11.2. The molecule has 0 aromatic rings. The Kier molecular flexibility index (Phi) is 9.12. The molecule has 0 aromatic heterocycles. The van der Waals surface area contributed by atoms with Crippen LogP contribution in [0.2, 0.25) is 0 Å². The number of rotatable bonds is 10. The molecule has 0 aliphatic rings. The molecule has 0 unspecified atom stereocenters. The van der Waals surface area contributed by atoms with E-state index in [0.29, 0.717) is 6.42 Å². The molecule has 0 aliphatic heterocycles. The van der Waals surface area contributed by atoms with Crippen molar-refractivity contribution >= 4 is 11.8 Å². The zero-order valence-electron chi connectivity index (χ0n) is 11.2. The number of esters is 1. The van der Waals surface area contributed by atoms with Crippen LogP contribution in [0.5, 0.6) is 0 Å². The molecule has 0 saturated heterocycles. The summed E-state index contributed by atoms with van der Waals surface area (Å²) in [5, 5.41) is 3.40. The van der Waals surface area contributed by atoms with E-state index in [0.717, 1.165) is 0 Å². The summed E-state index contributed by atoms with van der Waals surface area (Å²) >= 11 is 0. The van der Waals surface area contributed by atoms with Crippen molar-refractivity contribution in [2.24, 2.45) is 11.0 Å². The second kappa shape index (κ2) is 10.1. The highest BCUT2D eigenvalue weighted by atomic mass is 16.5. The lowest BCUT2D eigenvalue weighted by molar-refractivity contribution is -0.147. The molecule has 0 aliphatic carbocycles. The van der Waals surface area contributed by atoms with Gasteiger partial charge in [0.2, 0.25) is 0 Å². The molecule has 7 nitrogen and oxygen atoms in total. The van der Waals surface area contributed by atoms with Crippen molar-refractivity contribution in [1.29, 1.82) is 0 Å². The maximum absolute atomic E-state index is 12.0. The summed E-state index contributed by atoms with van der Waals surface area (Å²) in [7, 11) is 1.42. The fourth-order valence-corrected chi connectivity index (χ4v) is 1.64. The van der Waals surface area contributed by atoms with Crippen LogP contribution in [0.4, 0.5) is 0 Å². The molecule has 7 heteroatoms. The first kappa shape index (κ1) is 17.2. The molecule has 0 radical (unpaired) electrons. The molecule has 0 N–H and O–H groups in total. The molecular weight excluding hydrogens is 250 g/mol. The standard InChI is InChI=1S/C12H19N3O4/c1-4-6-9(11(18-3)8-14-15-13)10(16)7-12(17)19-5-2/h4,9,11H,1,5-8H2,2-3H3/t9-,11-/m1/s1. The van der Waals surface area contributed by atoms with Gasteiger partial charge >= 0.3 is 5.97 Å². The predicted molar refractivity (Wildman–Crippen MR) is 69.4 cm³/mol. The van der Waals surface area contributed by atoms with Crippen molar-refractivity contribution in [2.75, 3.05) is 20.3 Å². The summed E-state index contributed by atoms with van der Waals surface area (Å²) in [5.74, 6) is -1.45. The average Bonchev–Trinajstić information content (AvgIpc) is 2.38. The monoisotopic (exact) mass is 269 g/mol. The SMILES string of the molecule is C=CC[C@H](C(=O)CC(=O)OCC)[C@@H](CN=[N+]=[N-])OC. The van der Waals surface area contributed by atoms with Crippen LogP contribution in [0.15, 0.2) is 17.8 Å². The van der Waals surface area contributed by atoms with Crippen molar-refractivity contribution < 1.29 is 19.1 Å². The van der Waals surface area contributed by atoms with E-state index in [2.05, 4.69) is 16.6 Å². The first-order chi connectivity index (χ1) is 9.10. The molecule has 19 heavy (non-hydrogen) atoms. The number of ether oxygens (including phenoxy) is 2. The van der Waals surface area contributed by atoms with Gasteiger partial charge < -0.3 is 9.47 Å². The van der Waals surface area contributed by atoms with Crippen LogP contribution in [0, 0.1) is 5.92 Å². The Morgan fingerprint density at radius 3 is 2.68 bits per heavy atom. The van der Waals surface area contributed by atoms with Gasteiger partial charge in [-0.25, -0.2) is 0 Å². The molecule has 0 fully saturated rings. The van der Waals surface area contributed by atoms with Crippen LogP contribution >= 0.6 is 0 Å². The smallest absolute Gasteiger partial charge is 0.313 e. The third kappa shape index (κ3) is 6.59. The van der Waals surface area contributed by atoms with Crippen molar-refractivity contribution in [2.45, 2.75) is 25.9 Å². The Balaban J connectivity index is 4.75. The fraction of sp³-hybridized carbons (Fsp3) is 0.667. The second-order valence-corrected chi connectivity index (χ2v) is 3.77. The van der Waals surface area contributed by atoms with E-state index in [-0.39, 0.29) is 25.4 Å². The Bertz CT molecular complexity index is 364. The largest absolute Gasteiger partial charge is 0.466 e. The predicted octanol–water partition coefficient (Wildman–Crippen LogP) is 2.03. The number of azide groups is 1. The Labute approximate surface area is 112 Å². The number of hydrogen-bond acceptors (Lipinski definition) is 5. The van der Waals surface area contributed by atoms with E-state index < -0.39 is 18.0 Å². The topological polar surface area (TPSA) is 101 Å². The molecule has 2 atom stereocenters. The minimum Gasteiger partial charge on any atom is -0.466 e. The number of carbonyl (C=O) groups is 2. The van der Waals surface area contributed by atoms with Gasteiger partial charge in [0.25, 0.3) is 0 Å². The van der Waals surface area contributed by atoms with Gasteiger partial charge in [0.05, 0.1) is 19.3 Å². The fourth-order valence-electron chi connectivity index (χ4n) is 1.64.